The van der Waals surface area contributed by atoms with Gasteiger partial charge in [0.25, 0.3) is 5.56 Å². The summed E-state index contributed by atoms with van der Waals surface area (Å²) in [5.74, 6) is 0.247. The summed E-state index contributed by atoms with van der Waals surface area (Å²) in [5, 5.41) is 15.3. The summed E-state index contributed by atoms with van der Waals surface area (Å²) in [7, 11) is 2.89. The third-order valence-corrected chi connectivity index (χ3v) is 4.96. The summed E-state index contributed by atoms with van der Waals surface area (Å²) in [6.45, 7) is 6.82. The van der Waals surface area contributed by atoms with Crippen LogP contribution in [-0.2, 0) is 25.9 Å². The summed E-state index contributed by atoms with van der Waals surface area (Å²) in [6, 6.07) is 1.88. The van der Waals surface area contributed by atoms with Gasteiger partial charge in [-0.1, -0.05) is 20.8 Å². The molecule has 0 fully saturated rings. The van der Waals surface area contributed by atoms with E-state index in [4.69, 9.17) is 0 Å². The number of nitrogens with zero attached hydrogens (tertiary/aromatic N) is 4. The number of aromatic nitrogens is 3. The zero-order valence-corrected chi connectivity index (χ0v) is 15.3. The minimum Gasteiger partial charge on any atom is -0.370 e. The average Bonchev–Trinajstić information content (AvgIpc) is 2.99. The summed E-state index contributed by atoms with van der Waals surface area (Å²) < 4.78 is 2.21. The summed E-state index contributed by atoms with van der Waals surface area (Å²) >= 11 is 1.62. The maximum absolute atomic E-state index is 12.0. The van der Waals surface area contributed by atoms with Crippen molar-refractivity contribution in [3.8, 4) is 6.07 Å². The van der Waals surface area contributed by atoms with E-state index >= 15 is 0 Å². The molecular formula is C16H21N5O2S. The van der Waals surface area contributed by atoms with Gasteiger partial charge >= 0.3 is 5.69 Å². The maximum atomic E-state index is 12.0. The fraction of sp³-hybridized carbons (Fsp3) is 0.500. The number of hydrogen-bond acceptors (Lipinski definition) is 6. The molecule has 8 heteroatoms. The molecule has 1 N–H and O–H groups in total. The number of nitrogens with one attached hydrogen (secondary N) is 1. The smallest absolute Gasteiger partial charge is 0.332 e. The standard InChI is InChI=1S/C16H21N5O2S/c1-16(2,3)14-19-10(9-24-14)6-7-18-12-11(8-17)13(22)21(5)15(23)20(12)4/h9,18H,6-7H2,1-5H3. The van der Waals surface area contributed by atoms with Gasteiger partial charge < -0.3 is 5.32 Å². The van der Waals surface area contributed by atoms with Crippen LogP contribution in [0.2, 0.25) is 0 Å². The van der Waals surface area contributed by atoms with Crippen LogP contribution in [0, 0.1) is 11.3 Å². The fourth-order valence-electron chi connectivity index (χ4n) is 2.23. The Morgan fingerprint density at radius 3 is 2.50 bits per heavy atom. The van der Waals surface area contributed by atoms with E-state index in [2.05, 4.69) is 31.1 Å². The largest absolute Gasteiger partial charge is 0.370 e. The van der Waals surface area contributed by atoms with Gasteiger partial charge in [0, 0.05) is 37.9 Å². The minimum atomic E-state index is -0.591. The molecule has 2 aromatic rings. The molecule has 0 radical (unpaired) electrons. The van der Waals surface area contributed by atoms with Crippen molar-refractivity contribution in [2.45, 2.75) is 32.6 Å². The molecule has 0 aliphatic heterocycles. The van der Waals surface area contributed by atoms with Crippen molar-refractivity contribution in [1.29, 1.82) is 5.26 Å². The Labute approximate surface area is 144 Å². The van der Waals surface area contributed by atoms with Gasteiger partial charge in [-0.3, -0.25) is 13.9 Å². The van der Waals surface area contributed by atoms with Gasteiger partial charge in [-0.2, -0.15) is 5.26 Å². The third-order valence-electron chi connectivity index (χ3n) is 3.64. The Kier molecular flexibility index (Phi) is 4.94. The Bertz CT molecular complexity index is 909. The highest BCUT2D eigenvalue weighted by Crippen LogP contribution is 2.25. The lowest BCUT2D eigenvalue weighted by atomic mass is 9.98. The molecule has 0 unspecified atom stereocenters. The van der Waals surface area contributed by atoms with E-state index in [0.29, 0.717) is 13.0 Å². The predicted molar refractivity (Wildman–Crippen MR) is 94.6 cm³/mol. The molecule has 0 saturated heterocycles. The van der Waals surface area contributed by atoms with Gasteiger partial charge in [-0.15, -0.1) is 11.3 Å². The Balaban J connectivity index is 2.19. The maximum Gasteiger partial charge on any atom is 0.332 e. The van der Waals surface area contributed by atoms with Crippen LogP contribution < -0.4 is 16.6 Å². The molecular weight excluding hydrogens is 326 g/mol. The van der Waals surface area contributed by atoms with Crippen LogP contribution in [-0.4, -0.2) is 20.7 Å². The van der Waals surface area contributed by atoms with Gasteiger partial charge in [0.1, 0.15) is 11.9 Å². The highest BCUT2D eigenvalue weighted by molar-refractivity contribution is 7.09. The first-order chi connectivity index (χ1) is 11.2. The first-order valence-electron chi connectivity index (χ1n) is 7.55. The van der Waals surface area contributed by atoms with E-state index in [1.807, 2.05) is 11.4 Å². The molecule has 0 bridgehead atoms. The summed E-state index contributed by atoms with van der Waals surface area (Å²) in [5.41, 5.74) is -0.158. The second-order valence-corrected chi connectivity index (χ2v) is 7.47. The first-order valence-corrected chi connectivity index (χ1v) is 8.43. The van der Waals surface area contributed by atoms with Crippen LogP contribution in [0.5, 0.6) is 0 Å². The highest BCUT2D eigenvalue weighted by atomic mass is 32.1. The lowest BCUT2D eigenvalue weighted by molar-refractivity contribution is 0.583. The minimum absolute atomic E-state index is 0.0138. The van der Waals surface area contributed by atoms with Crippen molar-refractivity contribution in [2.75, 3.05) is 11.9 Å². The molecule has 0 aromatic carbocycles. The molecule has 0 aliphatic rings. The molecule has 0 amide bonds. The van der Waals surface area contributed by atoms with E-state index in [0.717, 1.165) is 15.3 Å². The van der Waals surface area contributed by atoms with Crippen molar-refractivity contribution in [2.24, 2.45) is 14.1 Å². The third kappa shape index (κ3) is 3.41. The summed E-state index contributed by atoms with van der Waals surface area (Å²) in [6.07, 6.45) is 0.640. The second kappa shape index (κ2) is 6.61. The van der Waals surface area contributed by atoms with Crippen molar-refractivity contribution in [1.82, 2.24) is 14.1 Å². The van der Waals surface area contributed by atoms with Gasteiger partial charge in [0.15, 0.2) is 5.56 Å². The van der Waals surface area contributed by atoms with Crippen LogP contribution in [0.25, 0.3) is 0 Å². The molecule has 7 nitrogen and oxygen atoms in total. The number of rotatable bonds is 4. The van der Waals surface area contributed by atoms with Crippen molar-refractivity contribution < 1.29 is 0 Å². The molecule has 0 saturated carbocycles. The normalized spacial score (nSPS) is 11.3. The molecule has 128 valence electrons. The molecule has 0 aliphatic carbocycles. The number of anilines is 1. The lowest BCUT2D eigenvalue weighted by Gasteiger charge is -2.14. The monoisotopic (exact) mass is 347 g/mol. The zero-order valence-electron chi connectivity index (χ0n) is 14.5. The van der Waals surface area contributed by atoms with Gasteiger partial charge in [-0.25, -0.2) is 9.78 Å². The highest BCUT2D eigenvalue weighted by Gasteiger charge is 2.18. The van der Waals surface area contributed by atoms with Crippen LogP contribution >= 0.6 is 11.3 Å². The predicted octanol–water partition coefficient (Wildman–Crippen LogP) is 1.36. The zero-order chi connectivity index (χ0) is 18.1. The Morgan fingerprint density at radius 1 is 1.29 bits per heavy atom. The van der Waals surface area contributed by atoms with E-state index in [1.165, 1.54) is 18.7 Å². The topological polar surface area (TPSA) is 92.7 Å². The molecule has 0 atom stereocenters. The van der Waals surface area contributed by atoms with Crippen molar-refractivity contribution >= 4 is 17.2 Å². The summed E-state index contributed by atoms with van der Waals surface area (Å²) in [4.78, 5) is 28.6. The fourth-order valence-corrected chi connectivity index (χ4v) is 3.17. The second-order valence-electron chi connectivity index (χ2n) is 6.61. The Hall–Kier alpha value is -2.40. The Morgan fingerprint density at radius 2 is 1.96 bits per heavy atom. The van der Waals surface area contributed by atoms with Crippen LogP contribution in [0.3, 0.4) is 0 Å². The quantitative estimate of drug-likeness (QED) is 0.901. The molecule has 2 heterocycles. The van der Waals surface area contributed by atoms with E-state index in [9.17, 15) is 14.9 Å². The van der Waals surface area contributed by atoms with Crippen LogP contribution in [0.4, 0.5) is 5.82 Å². The average molecular weight is 347 g/mol. The molecule has 2 rings (SSSR count). The number of thiazole rings is 1. The lowest BCUT2D eigenvalue weighted by Crippen LogP contribution is -2.40. The van der Waals surface area contributed by atoms with Crippen LogP contribution in [0.15, 0.2) is 15.0 Å². The van der Waals surface area contributed by atoms with E-state index in [-0.39, 0.29) is 16.8 Å². The first kappa shape index (κ1) is 17.9. The van der Waals surface area contributed by atoms with Gasteiger partial charge in [-0.05, 0) is 0 Å². The number of hydrogen-bond donors (Lipinski definition) is 1. The SMILES string of the molecule is Cn1c(NCCc2csc(C(C)(C)C)n2)c(C#N)c(=O)n(C)c1=O. The van der Waals surface area contributed by atoms with Gasteiger partial charge in [0.2, 0.25) is 0 Å². The van der Waals surface area contributed by atoms with E-state index in [1.54, 1.807) is 11.3 Å². The van der Waals surface area contributed by atoms with Crippen molar-refractivity contribution in [3.05, 3.63) is 42.5 Å². The van der Waals surface area contributed by atoms with Crippen molar-refractivity contribution in [3.63, 3.8) is 0 Å². The van der Waals surface area contributed by atoms with Crippen LogP contribution in [0.1, 0.15) is 37.0 Å². The van der Waals surface area contributed by atoms with E-state index < -0.39 is 11.2 Å². The molecule has 2 aromatic heterocycles. The number of nitriles is 1. The molecule has 0 spiro atoms. The molecule has 24 heavy (non-hydrogen) atoms. The van der Waals surface area contributed by atoms with Gasteiger partial charge in [0.05, 0.1) is 10.7 Å².